The number of hydrogen-bond acceptors (Lipinski definition) is 2. The standard InChI is InChI=1S/C62H40B3NO/c63-62(64,65)61(57-23-9-7-17-53(57)54-18-8-10-24-58(54)61)47-33-25-45(26-34-47)51-19-11-21-55-56-22-12-20-52(60(56)67-59(51)55)46-31-39-50(40-32-46)66(48-35-27-43(28-36-48)41-13-3-1-4-14-41)49-37-29-44(30-38-49)42-15-5-2-6-16-42/h1-40H. The second-order valence-corrected chi connectivity index (χ2v) is 17.5. The van der Waals surface area contributed by atoms with Crippen LogP contribution in [0.4, 0.5) is 17.1 Å². The fourth-order valence-corrected chi connectivity index (χ4v) is 10.5. The van der Waals surface area contributed by atoms with E-state index in [0.29, 0.717) is 0 Å². The van der Waals surface area contributed by atoms with Crippen LogP contribution in [0.15, 0.2) is 247 Å². The third-order valence-electron chi connectivity index (χ3n) is 13.7. The molecule has 6 radical (unpaired) electrons. The van der Waals surface area contributed by atoms with Crippen molar-refractivity contribution >= 4 is 62.5 Å². The second-order valence-electron chi connectivity index (χ2n) is 17.5. The number of hydrogen-bond donors (Lipinski definition) is 0. The topological polar surface area (TPSA) is 16.4 Å². The van der Waals surface area contributed by atoms with Gasteiger partial charge in [0, 0.05) is 44.4 Å². The van der Waals surface area contributed by atoms with Crippen LogP contribution in [0.3, 0.4) is 0 Å². The molecule has 10 aromatic carbocycles. The lowest BCUT2D eigenvalue weighted by molar-refractivity contribution is 0.640. The van der Waals surface area contributed by atoms with Gasteiger partial charge < -0.3 is 9.32 Å². The van der Waals surface area contributed by atoms with E-state index in [1.807, 2.05) is 24.3 Å². The molecule has 0 fully saturated rings. The molecule has 1 heterocycles. The van der Waals surface area contributed by atoms with Crippen molar-refractivity contribution in [1.82, 2.24) is 0 Å². The average Bonchev–Trinajstić information content (AvgIpc) is 3.92. The smallest absolute Gasteiger partial charge is 0.143 e. The van der Waals surface area contributed by atoms with E-state index in [1.54, 1.807) is 0 Å². The minimum Gasteiger partial charge on any atom is -0.455 e. The van der Waals surface area contributed by atoms with E-state index in [9.17, 15) is 0 Å². The van der Waals surface area contributed by atoms with Crippen LogP contribution in [0.25, 0.3) is 77.6 Å². The first kappa shape index (κ1) is 40.5. The molecule has 1 aliphatic carbocycles. The van der Waals surface area contributed by atoms with Gasteiger partial charge in [-0.2, -0.15) is 0 Å². The molecule has 1 aromatic heterocycles. The van der Waals surface area contributed by atoms with Crippen molar-refractivity contribution in [1.29, 1.82) is 0 Å². The minimum absolute atomic E-state index is 0.829. The molecule has 2 nitrogen and oxygen atoms in total. The molecular weight excluding hydrogens is 807 g/mol. The zero-order valence-electron chi connectivity index (χ0n) is 36.7. The Kier molecular flexibility index (Phi) is 9.76. The summed E-state index contributed by atoms with van der Waals surface area (Å²) < 4.78 is 6.96. The molecule has 0 saturated heterocycles. The Morgan fingerprint density at radius 2 is 0.657 bits per heavy atom. The highest BCUT2D eigenvalue weighted by Crippen LogP contribution is 2.60. The van der Waals surface area contributed by atoms with E-state index in [4.69, 9.17) is 28.0 Å². The number of furan rings is 1. The summed E-state index contributed by atoms with van der Waals surface area (Å²) in [6, 6.07) is 85.2. The van der Waals surface area contributed by atoms with Gasteiger partial charge in [-0.3, -0.25) is 0 Å². The molecule has 5 heteroatoms. The fourth-order valence-electron chi connectivity index (χ4n) is 10.5. The van der Waals surface area contributed by atoms with Gasteiger partial charge in [0.2, 0.25) is 0 Å². The Labute approximate surface area is 395 Å². The van der Waals surface area contributed by atoms with Gasteiger partial charge in [0.25, 0.3) is 0 Å². The monoisotopic (exact) mass is 847 g/mol. The summed E-state index contributed by atoms with van der Waals surface area (Å²) in [4.78, 5) is 2.31. The van der Waals surface area contributed by atoms with Gasteiger partial charge in [-0.05, 0) is 97.6 Å². The lowest BCUT2D eigenvalue weighted by Gasteiger charge is -2.46. The maximum atomic E-state index is 6.96. The summed E-state index contributed by atoms with van der Waals surface area (Å²) >= 11 is 0. The van der Waals surface area contributed by atoms with Gasteiger partial charge in [0.1, 0.15) is 11.2 Å². The van der Waals surface area contributed by atoms with Crippen LogP contribution in [0.1, 0.15) is 16.7 Å². The van der Waals surface area contributed by atoms with Crippen LogP contribution in [0.5, 0.6) is 0 Å². The van der Waals surface area contributed by atoms with E-state index in [-0.39, 0.29) is 0 Å². The van der Waals surface area contributed by atoms with Gasteiger partial charge in [-0.15, -0.1) is 5.11 Å². The van der Waals surface area contributed by atoms with Gasteiger partial charge in [-0.25, -0.2) is 0 Å². The quantitative estimate of drug-likeness (QED) is 0.135. The van der Waals surface area contributed by atoms with Gasteiger partial charge in [0.15, 0.2) is 0 Å². The highest BCUT2D eigenvalue weighted by Gasteiger charge is 2.50. The zero-order valence-corrected chi connectivity index (χ0v) is 36.7. The molecule has 0 aliphatic heterocycles. The van der Waals surface area contributed by atoms with Crippen LogP contribution < -0.4 is 4.90 Å². The van der Waals surface area contributed by atoms with Crippen molar-refractivity contribution in [3.63, 3.8) is 0 Å². The minimum atomic E-state index is -1.59. The van der Waals surface area contributed by atoms with Crippen molar-refractivity contribution in [3.8, 4) is 55.6 Å². The van der Waals surface area contributed by atoms with Gasteiger partial charge >= 0.3 is 0 Å². The number of nitrogens with zero attached hydrogens (tertiary/aromatic N) is 1. The largest absolute Gasteiger partial charge is 0.455 e. The highest BCUT2D eigenvalue weighted by atomic mass is 16.3. The summed E-state index contributed by atoms with van der Waals surface area (Å²) in [7, 11) is 20.5. The Balaban J connectivity index is 0.909. The van der Waals surface area contributed by atoms with Crippen LogP contribution in [0, 0.1) is 0 Å². The first-order chi connectivity index (χ1) is 32.9. The molecule has 1 aliphatic rings. The van der Waals surface area contributed by atoms with E-state index < -0.39 is 10.5 Å². The first-order valence-corrected chi connectivity index (χ1v) is 22.7. The summed E-state index contributed by atoms with van der Waals surface area (Å²) in [5.41, 5.74) is 17.8. The molecule has 0 amide bonds. The lowest BCUT2D eigenvalue weighted by Crippen LogP contribution is -2.42. The van der Waals surface area contributed by atoms with Crippen molar-refractivity contribution in [2.75, 3.05) is 4.90 Å². The Morgan fingerprint density at radius 3 is 1.07 bits per heavy atom. The van der Waals surface area contributed by atoms with Crippen molar-refractivity contribution in [2.45, 2.75) is 10.5 Å². The van der Waals surface area contributed by atoms with Crippen LogP contribution in [0.2, 0.25) is 5.11 Å². The number of rotatable bonds is 9. The molecule has 0 atom stereocenters. The molecule has 0 spiro atoms. The second kappa shape index (κ2) is 16.2. The predicted molar refractivity (Wildman–Crippen MR) is 282 cm³/mol. The maximum Gasteiger partial charge on any atom is 0.143 e. The Hall–Kier alpha value is -8.01. The van der Waals surface area contributed by atoms with Crippen molar-refractivity contribution in [3.05, 3.63) is 259 Å². The van der Waals surface area contributed by atoms with E-state index in [0.717, 1.165) is 89.1 Å². The zero-order chi connectivity index (χ0) is 45.1. The molecule has 67 heavy (non-hydrogen) atoms. The van der Waals surface area contributed by atoms with Crippen LogP contribution >= 0.6 is 0 Å². The third kappa shape index (κ3) is 6.68. The summed E-state index contributed by atoms with van der Waals surface area (Å²) in [5.74, 6) is 0. The van der Waals surface area contributed by atoms with Gasteiger partial charge in [-0.1, -0.05) is 206 Å². The van der Waals surface area contributed by atoms with E-state index in [2.05, 4.69) is 223 Å². The summed E-state index contributed by atoms with van der Waals surface area (Å²) in [5, 5.41) is 0.524. The van der Waals surface area contributed by atoms with E-state index in [1.165, 1.54) is 22.3 Å². The molecule has 0 bridgehead atoms. The molecule has 0 saturated carbocycles. The van der Waals surface area contributed by atoms with Crippen molar-refractivity contribution < 1.29 is 4.42 Å². The summed E-state index contributed by atoms with van der Waals surface area (Å²) in [6.07, 6.45) is 0. The van der Waals surface area contributed by atoms with Crippen LogP contribution in [-0.2, 0) is 5.41 Å². The number of benzene rings is 10. The number of fused-ring (bicyclic) bond motifs is 6. The number of para-hydroxylation sites is 2. The normalized spacial score (nSPS) is 12.8. The molecule has 11 aromatic rings. The fraction of sp³-hybridized carbons (Fsp3) is 0.0323. The molecule has 0 unspecified atom stereocenters. The Morgan fingerprint density at radius 1 is 0.313 bits per heavy atom. The van der Waals surface area contributed by atoms with Crippen molar-refractivity contribution in [2.24, 2.45) is 0 Å². The maximum absolute atomic E-state index is 6.96. The Bertz CT molecular complexity index is 3450. The van der Waals surface area contributed by atoms with Gasteiger partial charge in [0.05, 0.1) is 23.5 Å². The first-order valence-electron chi connectivity index (χ1n) is 22.7. The molecule has 0 N–H and O–H groups in total. The molecule has 308 valence electrons. The van der Waals surface area contributed by atoms with E-state index >= 15 is 0 Å². The molecular formula is C62H40B3NO. The predicted octanol–water partition coefficient (Wildman–Crippen LogP) is 15.6. The SMILES string of the molecule is [B]C([B])([B])C1(c2ccc(-c3cccc4c3oc3c(-c5ccc(N(c6ccc(-c7ccccc7)cc6)c6ccc(-c7ccccc7)cc6)cc5)cccc34)cc2)c2ccccc2-c2ccccc21. The third-order valence-corrected chi connectivity index (χ3v) is 13.7. The average molecular weight is 847 g/mol. The summed E-state index contributed by atoms with van der Waals surface area (Å²) in [6.45, 7) is 0. The number of anilines is 3. The van der Waals surface area contributed by atoms with Crippen LogP contribution in [-0.4, -0.2) is 23.5 Å². The molecule has 12 rings (SSSR count). The highest BCUT2D eigenvalue weighted by molar-refractivity contribution is 6.60. The lowest BCUT2D eigenvalue weighted by atomic mass is 9.30.